The number of hydrogen-bond donors (Lipinski definition) is 1. The van der Waals surface area contributed by atoms with Gasteiger partial charge in [-0.1, -0.05) is 77.4 Å². The number of hydrogen-bond acceptors (Lipinski definition) is 4. The van der Waals surface area contributed by atoms with Gasteiger partial charge in [-0.25, -0.2) is 0 Å². The minimum Gasteiger partial charge on any atom is -0.324 e. The quantitative estimate of drug-likeness (QED) is 0.318. The number of nitrogens with one attached hydrogen (secondary N) is 1. The first kappa shape index (κ1) is 22.4. The Hall–Kier alpha value is -2.80. The molecule has 1 aromatic heterocycles. The first-order valence-electron chi connectivity index (χ1n) is 9.92. The maximum atomic E-state index is 12.5. The zero-order valence-electron chi connectivity index (χ0n) is 17.3. The molecule has 32 heavy (non-hydrogen) atoms. The van der Waals surface area contributed by atoms with Crippen LogP contribution in [-0.4, -0.2) is 26.4 Å². The highest BCUT2D eigenvalue weighted by molar-refractivity contribution is 7.99. The number of nitrogens with zero attached hydrogens (tertiary/aromatic N) is 3. The third-order valence-electron chi connectivity index (χ3n) is 4.70. The minimum atomic E-state index is -0.192. The molecule has 162 valence electrons. The smallest absolute Gasteiger partial charge is 0.234 e. The molecule has 0 saturated heterocycles. The lowest BCUT2D eigenvalue weighted by Gasteiger charge is -2.11. The normalized spacial score (nSPS) is 10.8. The Morgan fingerprint density at radius 2 is 1.81 bits per heavy atom. The van der Waals surface area contributed by atoms with Gasteiger partial charge in [0.1, 0.15) is 5.82 Å². The lowest BCUT2D eigenvalue weighted by molar-refractivity contribution is -0.113. The van der Waals surface area contributed by atoms with Crippen molar-refractivity contribution < 1.29 is 4.79 Å². The summed E-state index contributed by atoms with van der Waals surface area (Å²) in [6.45, 7) is 2.04. The Labute approximate surface area is 200 Å². The van der Waals surface area contributed by atoms with Gasteiger partial charge in [0.2, 0.25) is 5.91 Å². The van der Waals surface area contributed by atoms with E-state index in [1.807, 2.05) is 47.9 Å². The molecule has 1 amide bonds. The SMILES string of the molecule is Cc1cccc(-n2c(Cc3ccccc3)nnc2SCC(=O)Nc2ccc(Cl)cc2Cl)c1. The number of anilines is 1. The fraction of sp³-hybridized carbons (Fsp3) is 0.125. The molecule has 4 aromatic rings. The Kier molecular flexibility index (Phi) is 7.15. The van der Waals surface area contributed by atoms with Crippen molar-refractivity contribution >= 4 is 46.6 Å². The number of rotatable bonds is 7. The van der Waals surface area contributed by atoms with Gasteiger partial charge in [-0.2, -0.15) is 0 Å². The van der Waals surface area contributed by atoms with E-state index in [4.69, 9.17) is 23.2 Å². The second kappa shape index (κ2) is 10.2. The van der Waals surface area contributed by atoms with E-state index in [2.05, 4.69) is 33.7 Å². The van der Waals surface area contributed by atoms with Crippen LogP contribution in [0.3, 0.4) is 0 Å². The van der Waals surface area contributed by atoms with Crippen molar-refractivity contribution in [1.82, 2.24) is 14.8 Å². The van der Waals surface area contributed by atoms with Crippen molar-refractivity contribution in [3.63, 3.8) is 0 Å². The Balaban J connectivity index is 1.55. The summed E-state index contributed by atoms with van der Waals surface area (Å²) in [5, 5.41) is 13.2. The van der Waals surface area contributed by atoms with Crippen LogP contribution in [0.5, 0.6) is 0 Å². The van der Waals surface area contributed by atoms with E-state index in [9.17, 15) is 4.79 Å². The van der Waals surface area contributed by atoms with Crippen LogP contribution in [-0.2, 0) is 11.2 Å². The highest BCUT2D eigenvalue weighted by atomic mass is 35.5. The van der Waals surface area contributed by atoms with E-state index in [0.717, 1.165) is 22.6 Å². The summed E-state index contributed by atoms with van der Waals surface area (Å²) < 4.78 is 2.01. The van der Waals surface area contributed by atoms with Crippen molar-refractivity contribution in [2.45, 2.75) is 18.5 Å². The van der Waals surface area contributed by atoms with Crippen molar-refractivity contribution in [3.8, 4) is 5.69 Å². The van der Waals surface area contributed by atoms with Gasteiger partial charge in [0, 0.05) is 17.1 Å². The predicted molar refractivity (Wildman–Crippen MR) is 131 cm³/mol. The molecule has 3 aromatic carbocycles. The second-order valence-electron chi connectivity index (χ2n) is 7.20. The molecule has 0 spiro atoms. The van der Waals surface area contributed by atoms with Crippen molar-refractivity contribution in [2.75, 3.05) is 11.1 Å². The lowest BCUT2D eigenvalue weighted by atomic mass is 10.1. The van der Waals surface area contributed by atoms with Crippen molar-refractivity contribution in [1.29, 1.82) is 0 Å². The summed E-state index contributed by atoms with van der Waals surface area (Å²) in [6, 6.07) is 23.2. The molecule has 0 fully saturated rings. The number of thioether (sulfide) groups is 1. The number of aromatic nitrogens is 3. The first-order valence-corrected chi connectivity index (χ1v) is 11.7. The maximum absolute atomic E-state index is 12.5. The Bertz CT molecular complexity index is 1240. The molecular formula is C24H20Cl2N4OS. The van der Waals surface area contributed by atoms with Gasteiger partial charge in [-0.3, -0.25) is 9.36 Å². The largest absolute Gasteiger partial charge is 0.324 e. The monoisotopic (exact) mass is 482 g/mol. The van der Waals surface area contributed by atoms with E-state index in [1.165, 1.54) is 11.8 Å². The Morgan fingerprint density at radius 1 is 1.00 bits per heavy atom. The molecule has 8 heteroatoms. The highest BCUT2D eigenvalue weighted by Gasteiger charge is 2.17. The summed E-state index contributed by atoms with van der Waals surface area (Å²) in [5.74, 6) is 0.780. The minimum absolute atomic E-state index is 0.161. The van der Waals surface area contributed by atoms with Crippen LogP contribution < -0.4 is 5.32 Å². The zero-order chi connectivity index (χ0) is 22.5. The number of carbonyl (C=O) groups is 1. The molecule has 0 unspecified atom stereocenters. The average molecular weight is 483 g/mol. The van der Waals surface area contributed by atoms with E-state index in [-0.39, 0.29) is 11.7 Å². The second-order valence-corrected chi connectivity index (χ2v) is 8.98. The molecule has 0 bridgehead atoms. The molecule has 0 saturated carbocycles. The number of halogens is 2. The number of benzene rings is 3. The van der Waals surface area contributed by atoms with Crippen LogP contribution in [0.25, 0.3) is 5.69 Å². The van der Waals surface area contributed by atoms with Crippen LogP contribution >= 0.6 is 35.0 Å². The average Bonchev–Trinajstić information content (AvgIpc) is 3.17. The van der Waals surface area contributed by atoms with Crippen LogP contribution in [0.2, 0.25) is 10.0 Å². The molecule has 5 nitrogen and oxygen atoms in total. The standard InChI is InChI=1S/C24H20Cl2N4OS/c1-16-6-5-9-19(12-16)30-22(13-17-7-3-2-4-8-17)28-29-24(30)32-15-23(31)27-21-11-10-18(25)14-20(21)26/h2-12,14H,13,15H2,1H3,(H,27,31). The summed E-state index contributed by atoms with van der Waals surface area (Å²) in [5.41, 5.74) is 3.75. The van der Waals surface area contributed by atoms with Crippen LogP contribution in [0.4, 0.5) is 5.69 Å². The van der Waals surface area contributed by atoms with Crippen molar-refractivity contribution in [3.05, 3.63) is 99.8 Å². The van der Waals surface area contributed by atoms with Gasteiger partial charge in [-0.05, 0) is 48.4 Å². The van der Waals surface area contributed by atoms with Gasteiger partial charge in [0.25, 0.3) is 0 Å². The molecule has 0 atom stereocenters. The lowest BCUT2D eigenvalue weighted by Crippen LogP contribution is -2.15. The summed E-state index contributed by atoms with van der Waals surface area (Å²) >= 11 is 13.4. The van der Waals surface area contributed by atoms with Crippen LogP contribution in [0.1, 0.15) is 17.0 Å². The topological polar surface area (TPSA) is 59.8 Å². The van der Waals surface area contributed by atoms with E-state index < -0.39 is 0 Å². The van der Waals surface area contributed by atoms with E-state index in [1.54, 1.807) is 18.2 Å². The fourth-order valence-corrected chi connectivity index (χ4v) is 4.45. The third-order valence-corrected chi connectivity index (χ3v) is 6.18. The summed E-state index contributed by atoms with van der Waals surface area (Å²) in [7, 11) is 0. The third kappa shape index (κ3) is 5.51. The zero-order valence-corrected chi connectivity index (χ0v) is 19.6. The molecule has 1 heterocycles. The van der Waals surface area contributed by atoms with Gasteiger partial charge >= 0.3 is 0 Å². The van der Waals surface area contributed by atoms with Gasteiger partial charge in [0.05, 0.1) is 16.5 Å². The van der Waals surface area contributed by atoms with E-state index >= 15 is 0 Å². The molecule has 0 aliphatic carbocycles. The van der Waals surface area contributed by atoms with Crippen LogP contribution in [0.15, 0.2) is 78.0 Å². The maximum Gasteiger partial charge on any atom is 0.234 e. The molecular weight excluding hydrogens is 463 g/mol. The van der Waals surface area contributed by atoms with Gasteiger partial charge < -0.3 is 5.32 Å². The Morgan fingerprint density at radius 3 is 2.56 bits per heavy atom. The van der Waals surface area contributed by atoms with Crippen molar-refractivity contribution in [2.24, 2.45) is 0 Å². The number of carbonyl (C=O) groups excluding carboxylic acids is 1. The van der Waals surface area contributed by atoms with Gasteiger partial charge in [0.15, 0.2) is 5.16 Å². The summed E-state index contributed by atoms with van der Waals surface area (Å²) in [4.78, 5) is 12.5. The number of amides is 1. The fourth-order valence-electron chi connectivity index (χ4n) is 3.22. The first-order chi connectivity index (χ1) is 15.5. The number of aryl methyl sites for hydroxylation is 1. The van der Waals surface area contributed by atoms with Gasteiger partial charge in [-0.15, -0.1) is 10.2 Å². The van der Waals surface area contributed by atoms with Crippen LogP contribution in [0, 0.1) is 6.92 Å². The molecule has 0 aliphatic rings. The van der Waals surface area contributed by atoms with E-state index in [0.29, 0.717) is 27.3 Å². The molecule has 0 aliphatic heterocycles. The molecule has 1 N–H and O–H groups in total. The summed E-state index contributed by atoms with van der Waals surface area (Å²) in [6.07, 6.45) is 0.634. The molecule has 0 radical (unpaired) electrons. The highest BCUT2D eigenvalue weighted by Crippen LogP contribution is 2.27. The molecule has 4 rings (SSSR count). The predicted octanol–water partition coefficient (Wildman–Crippen LogP) is 6.20.